The van der Waals surface area contributed by atoms with E-state index in [9.17, 15) is 14.0 Å². The number of carbonyl (C=O) groups excluding carboxylic acids is 1. The average molecular weight is 455 g/mol. The SMILES string of the molecule is CCCN1CCc2nc(SCC(=O)Nc3ccc(Br)cc3F)[nH]c(=O)c2C1. The van der Waals surface area contributed by atoms with E-state index in [1.54, 1.807) is 6.07 Å². The van der Waals surface area contributed by atoms with Crippen molar-refractivity contribution in [2.24, 2.45) is 0 Å². The smallest absolute Gasteiger partial charge is 0.256 e. The van der Waals surface area contributed by atoms with E-state index in [0.29, 0.717) is 21.7 Å². The number of H-pyrrole nitrogens is 1. The zero-order valence-electron chi connectivity index (χ0n) is 14.8. The number of rotatable bonds is 6. The number of amides is 1. The molecule has 1 aromatic carbocycles. The minimum atomic E-state index is -0.514. The van der Waals surface area contributed by atoms with Gasteiger partial charge in [0.25, 0.3) is 5.56 Å². The van der Waals surface area contributed by atoms with Crippen LogP contribution in [0.2, 0.25) is 0 Å². The lowest BCUT2D eigenvalue weighted by atomic mass is 10.1. The summed E-state index contributed by atoms with van der Waals surface area (Å²) in [6.45, 7) is 4.57. The Morgan fingerprint density at radius 1 is 1.48 bits per heavy atom. The van der Waals surface area contributed by atoms with Crippen molar-refractivity contribution in [3.05, 3.63) is 50.1 Å². The summed E-state index contributed by atoms with van der Waals surface area (Å²) in [6, 6.07) is 4.42. The third kappa shape index (κ3) is 5.18. The summed E-state index contributed by atoms with van der Waals surface area (Å²) in [4.78, 5) is 33.9. The Hall–Kier alpha value is -1.71. The van der Waals surface area contributed by atoms with Crippen molar-refractivity contribution in [2.45, 2.75) is 31.5 Å². The maximum Gasteiger partial charge on any atom is 0.256 e. The molecule has 2 heterocycles. The standard InChI is InChI=1S/C18H20BrFN4O2S/c1-2-6-24-7-5-14-12(9-24)17(26)23-18(22-14)27-10-16(25)21-15-4-3-11(19)8-13(15)20/h3-4,8H,2,5-7,9-10H2,1H3,(H,21,25)(H,22,23,26). The second kappa shape index (κ2) is 8.99. The molecule has 1 aliphatic rings. The van der Waals surface area contributed by atoms with Gasteiger partial charge in [0.2, 0.25) is 5.91 Å². The number of fused-ring (bicyclic) bond motifs is 1. The molecule has 2 aromatic rings. The minimum Gasteiger partial charge on any atom is -0.323 e. The number of aromatic amines is 1. The zero-order chi connectivity index (χ0) is 19.4. The Labute approximate surface area is 169 Å². The molecule has 3 rings (SSSR count). The van der Waals surface area contributed by atoms with Crippen LogP contribution in [0.1, 0.15) is 24.6 Å². The van der Waals surface area contributed by atoms with Crippen molar-refractivity contribution in [2.75, 3.05) is 24.2 Å². The normalized spacial score (nSPS) is 14.0. The van der Waals surface area contributed by atoms with Gasteiger partial charge in [-0.2, -0.15) is 0 Å². The fourth-order valence-corrected chi connectivity index (χ4v) is 3.96. The lowest BCUT2D eigenvalue weighted by Crippen LogP contribution is -2.36. The molecule has 0 aliphatic carbocycles. The van der Waals surface area contributed by atoms with Gasteiger partial charge in [0.15, 0.2) is 5.16 Å². The Balaban J connectivity index is 1.62. The number of anilines is 1. The minimum absolute atomic E-state index is 0.0270. The molecular formula is C18H20BrFN4O2S. The summed E-state index contributed by atoms with van der Waals surface area (Å²) in [5, 5.41) is 2.93. The molecule has 0 bridgehead atoms. The van der Waals surface area contributed by atoms with Crippen LogP contribution in [-0.2, 0) is 17.8 Å². The van der Waals surface area contributed by atoms with Crippen LogP contribution in [0.25, 0.3) is 0 Å². The quantitative estimate of drug-likeness (QED) is 0.517. The molecule has 0 fully saturated rings. The third-order valence-electron chi connectivity index (χ3n) is 4.21. The summed E-state index contributed by atoms with van der Waals surface area (Å²) < 4.78 is 14.4. The summed E-state index contributed by atoms with van der Waals surface area (Å²) >= 11 is 4.30. The van der Waals surface area contributed by atoms with E-state index in [2.05, 4.69) is 43.0 Å². The van der Waals surface area contributed by atoms with Crippen molar-refractivity contribution >= 4 is 39.3 Å². The Kier molecular flexibility index (Phi) is 6.67. The fraction of sp³-hybridized carbons (Fsp3) is 0.389. The molecule has 9 heteroatoms. The number of nitrogens with zero attached hydrogens (tertiary/aromatic N) is 2. The number of benzene rings is 1. The molecule has 27 heavy (non-hydrogen) atoms. The van der Waals surface area contributed by atoms with Crippen molar-refractivity contribution < 1.29 is 9.18 Å². The number of hydrogen-bond acceptors (Lipinski definition) is 5. The van der Waals surface area contributed by atoms with Crippen LogP contribution in [-0.4, -0.2) is 39.6 Å². The molecule has 1 aromatic heterocycles. The highest BCUT2D eigenvalue weighted by Crippen LogP contribution is 2.21. The number of nitrogens with one attached hydrogen (secondary N) is 2. The summed E-state index contributed by atoms with van der Waals surface area (Å²) in [5.41, 5.74) is 1.47. The van der Waals surface area contributed by atoms with Gasteiger partial charge in [-0.25, -0.2) is 9.37 Å². The first-order chi connectivity index (χ1) is 13.0. The average Bonchev–Trinajstić information content (AvgIpc) is 2.63. The Morgan fingerprint density at radius 2 is 2.30 bits per heavy atom. The molecule has 0 radical (unpaired) electrons. The molecule has 0 spiro atoms. The lowest BCUT2D eigenvalue weighted by Gasteiger charge is -2.27. The molecule has 0 saturated carbocycles. The predicted molar refractivity (Wildman–Crippen MR) is 108 cm³/mol. The monoisotopic (exact) mass is 454 g/mol. The summed E-state index contributed by atoms with van der Waals surface area (Å²) in [5.74, 6) is -0.852. The van der Waals surface area contributed by atoms with Gasteiger partial charge in [-0.1, -0.05) is 34.6 Å². The van der Waals surface area contributed by atoms with E-state index in [1.807, 2.05) is 0 Å². The molecule has 1 amide bonds. The Bertz CT molecular complexity index is 905. The van der Waals surface area contributed by atoms with Crippen LogP contribution in [0.15, 0.2) is 32.6 Å². The maximum atomic E-state index is 13.8. The topological polar surface area (TPSA) is 78.1 Å². The van der Waals surface area contributed by atoms with Gasteiger partial charge in [0.1, 0.15) is 5.82 Å². The first-order valence-corrected chi connectivity index (χ1v) is 10.5. The largest absolute Gasteiger partial charge is 0.323 e. The molecule has 0 saturated heterocycles. The number of hydrogen-bond donors (Lipinski definition) is 2. The molecule has 144 valence electrons. The van der Waals surface area contributed by atoms with Gasteiger partial charge in [0.05, 0.1) is 22.7 Å². The van der Waals surface area contributed by atoms with E-state index in [0.717, 1.165) is 43.4 Å². The molecule has 1 aliphatic heterocycles. The first-order valence-electron chi connectivity index (χ1n) is 8.68. The molecule has 6 nitrogen and oxygen atoms in total. The van der Waals surface area contributed by atoms with Gasteiger partial charge in [-0.15, -0.1) is 0 Å². The van der Waals surface area contributed by atoms with Gasteiger partial charge < -0.3 is 10.3 Å². The van der Waals surface area contributed by atoms with Crippen LogP contribution in [0, 0.1) is 5.82 Å². The van der Waals surface area contributed by atoms with E-state index in [1.165, 1.54) is 12.1 Å². The molecule has 0 unspecified atom stereocenters. The van der Waals surface area contributed by atoms with Crippen molar-refractivity contribution in [1.82, 2.24) is 14.9 Å². The van der Waals surface area contributed by atoms with Crippen molar-refractivity contribution in [1.29, 1.82) is 0 Å². The third-order valence-corrected chi connectivity index (χ3v) is 5.58. The first kappa shape index (κ1) is 20.0. The number of aromatic nitrogens is 2. The summed E-state index contributed by atoms with van der Waals surface area (Å²) in [7, 11) is 0. The van der Waals surface area contributed by atoms with Crippen LogP contribution in [0.4, 0.5) is 10.1 Å². The highest BCUT2D eigenvalue weighted by Gasteiger charge is 2.21. The highest BCUT2D eigenvalue weighted by molar-refractivity contribution is 9.10. The fourth-order valence-electron chi connectivity index (χ4n) is 2.94. The van der Waals surface area contributed by atoms with Gasteiger partial charge in [-0.05, 0) is 31.2 Å². The van der Waals surface area contributed by atoms with Gasteiger partial charge in [0, 0.05) is 24.0 Å². The predicted octanol–water partition coefficient (Wildman–Crippen LogP) is 3.17. The second-order valence-electron chi connectivity index (χ2n) is 6.28. The van der Waals surface area contributed by atoms with Crippen LogP contribution in [0.5, 0.6) is 0 Å². The van der Waals surface area contributed by atoms with Crippen molar-refractivity contribution in [3.63, 3.8) is 0 Å². The van der Waals surface area contributed by atoms with Crippen LogP contribution < -0.4 is 10.9 Å². The van der Waals surface area contributed by atoms with Crippen molar-refractivity contribution in [3.8, 4) is 0 Å². The van der Waals surface area contributed by atoms with Crippen LogP contribution >= 0.6 is 27.7 Å². The second-order valence-corrected chi connectivity index (χ2v) is 8.16. The highest BCUT2D eigenvalue weighted by atomic mass is 79.9. The number of thioether (sulfide) groups is 1. The lowest BCUT2D eigenvalue weighted by molar-refractivity contribution is -0.113. The van der Waals surface area contributed by atoms with Gasteiger partial charge in [-0.3, -0.25) is 14.5 Å². The zero-order valence-corrected chi connectivity index (χ0v) is 17.3. The molecule has 2 N–H and O–H groups in total. The molecule has 0 atom stereocenters. The van der Waals surface area contributed by atoms with E-state index < -0.39 is 5.82 Å². The van der Waals surface area contributed by atoms with E-state index in [4.69, 9.17) is 0 Å². The van der Waals surface area contributed by atoms with E-state index >= 15 is 0 Å². The molecular weight excluding hydrogens is 435 g/mol. The van der Waals surface area contributed by atoms with E-state index in [-0.39, 0.29) is 22.9 Å². The Morgan fingerprint density at radius 3 is 3.04 bits per heavy atom. The summed E-state index contributed by atoms with van der Waals surface area (Å²) in [6.07, 6.45) is 1.77. The number of halogens is 2. The number of carbonyl (C=O) groups is 1. The maximum absolute atomic E-state index is 13.8. The van der Waals surface area contributed by atoms with Gasteiger partial charge >= 0.3 is 0 Å². The van der Waals surface area contributed by atoms with Crippen LogP contribution in [0.3, 0.4) is 0 Å².